The first-order chi connectivity index (χ1) is 14.9. The van der Waals surface area contributed by atoms with Crippen LogP contribution in [0.3, 0.4) is 0 Å². The van der Waals surface area contributed by atoms with Gasteiger partial charge in [-0.2, -0.15) is 0 Å². The molecule has 0 aliphatic carbocycles. The van der Waals surface area contributed by atoms with E-state index in [1.807, 2.05) is 36.4 Å². The van der Waals surface area contributed by atoms with Gasteiger partial charge in [0.15, 0.2) is 0 Å². The zero-order valence-electron chi connectivity index (χ0n) is 18.1. The van der Waals surface area contributed by atoms with E-state index in [0.29, 0.717) is 18.5 Å². The maximum atomic E-state index is 12.5. The highest BCUT2D eigenvalue weighted by molar-refractivity contribution is 9.10. The minimum Gasteiger partial charge on any atom is -0.352 e. The third-order valence-electron chi connectivity index (χ3n) is 5.63. The van der Waals surface area contributed by atoms with Crippen LogP contribution in [0.25, 0.3) is 11.0 Å². The second-order valence-corrected chi connectivity index (χ2v) is 8.91. The van der Waals surface area contributed by atoms with Gasteiger partial charge in [0.1, 0.15) is 5.82 Å². The lowest BCUT2D eigenvalue weighted by Crippen LogP contribution is -2.26. The normalized spacial score (nSPS) is 11.1. The molecule has 5 heteroatoms. The molecule has 4 rings (SSSR count). The number of fused-ring (bicyclic) bond motifs is 1. The Kier molecular flexibility index (Phi) is 6.23. The van der Waals surface area contributed by atoms with E-state index in [4.69, 9.17) is 4.98 Å². The molecule has 1 amide bonds. The first-order valence-corrected chi connectivity index (χ1v) is 11.3. The molecule has 0 radical (unpaired) electrons. The molecular weight excluding hydrogens is 450 g/mol. The lowest BCUT2D eigenvalue weighted by molar-refractivity contribution is 0.0954. The predicted molar refractivity (Wildman–Crippen MR) is 130 cm³/mol. The lowest BCUT2D eigenvalue weighted by Gasteiger charge is -2.15. The number of nitrogens with one attached hydrogen (secondary N) is 1. The number of nitrogens with zero attached hydrogens (tertiary/aromatic N) is 2. The minimum absolute atomic E-state index is 0.0691. The predicted octanol–water partition coefficient (Wildman–Crippen LogP) is 5.74. The molecule has 1 heterocycles. The Labute approximate surface area is 191 Å². The highest BCUT2D eigenvalue weighted by Gasteiger charge is 2.14. The second kappa shape index (κ2) is 9.06. The molecule has 0 bridgehead atoms. The van der Waals surface area contributed by atoms with Crippen LogP contribution >= 0.6 is 15.9 Å². The van der Waals surface area contributed by atoms with Gasteiger partial charge < -0.3 is 9.88 Å². The summed E-state index contributed by atoms with van der Waals surface area (Å²) in [5.41, 5.74) is 7.96. The van der Waals surface area contributed by atoms with Gasteiger partial charge in [0.05, 0.1) is 11.0 Å². The Morgan fingerprint density at radius 3 is 2.39 bits per heavy atom. The zero-order valence-corrected chi connectivity index (χ0v) is 19.7. The van der Waals surface area contributed by atoms with Crippen LogP contribution in [0.4, 0.5) is 0 Å². The smallest absolute Gasteiger partial charge is 0.251 e. The molecule has 1 aromatic heterocycles. The molecule has 0 aliphatic heterocycles. The summed E-state index contributed by atoms with van der Waals surface area (Å²) in [5.74, 6) is 0.914. The first-order valence-electron chi connectivity index (χ1n) is 10.5. The van der Waals surface area contributed by atoms with Crippen LogP contribution < -0.4 is 5.32 Å². The number of benzene rings is 3. The summed E-state index contributed by atoms with van der Waals surface area (Å²) in [6, 6.07) is 20.1. The van der Waals surface area contributed by atoms with E-state index in [1.54, 1.807) is 0 Å². The third kappa shape index (κ3) is 4.72. The molecule has 0 unspecified atom stereocenters. The van der Waals surface area contributed by atoms with Crippen molar-refractivity contribution in [3.8, 4) is 0 Å². The van der Waals surface area contributed by atoms with Gasteiger partial charge in [-0.25, -0.2) is 4.98 Å². The van der Waals surface area contributed by atoms with Crippen molar-refractivity contribution in [3.05, 3.63) is 98.8 Å². The summed E-state index contributed by atoms with van der Waals surface area (Å²) in [5, 5.41) is 3.02. The fourth-order valence-electron chi connectivity index (χ4n) is 4.10. The fourth-order valence-corrected chi connectivity index (χ4v) is 4.37. The molecule has 0 fully saturated rings. The number of aryl methyl sites for hydroxylation is 3. The SMILES string of the molecule is Cc1cc(C)c(Cn2c(CCNC(=O)c3ccc(Br)cc3)nc3ccccc32)c(C)c1. The maximum Gasteiger partial charge on any atom is 0.251 e. The number of carbonyl (C=O) groups excluding carboxylic acids is 1. The maximum absolute atomic E-state index is 12.5. The number of halogens is 1. The highest BCUT2D eigenvalue weighted by atomic mass is 79.9. The minimum atomic E-state index is -0.0691. The van der Waals surface area contributed by atoms with E-state index in [2.05, 4.69) is 70.9 Å². The molecule has 0 atom stereocenters. The van der Waals surface area contributed by atoms with Crippen LogP contribution in [-0.4, -0.2) is 22.0 Å². The van der Waals surface area contributed by atoms with Crippen molar-refractivity contribution in [1.82, 2.24) is 14.9 Å². The van der Waals surface area contributed by atoms with Crippen LogP contribution in [-0.2, 0) is 13.0 Å². The van der Waals surface area contributed by atoms with Gasteiger partial charge in [-0.05, 0) is 73.9 Å². The average molecular weight is 476 g/mol. The van der Waals surface area contributed by atoms with E-state index in [9.17, 15) is 4.79 Å². The molecule has 0 saturated heterocycles. The van der Waals surface area contributed by atoms with Gasteiger partial charge in [-0.1, -0.05) is 45.8 Å². The van der Waals surface area contributed by atoms with E-state index in [-0.39, 0.29) is 5.91 Å². The average Bonchev–Trinajstić information content (AvgIpc) is 3.08. The molecular formula is C26H26BrN3O. The molecule has 4 aromatic rings. The van der Waals surface area contributed by atoms with Gasteiger partial charge >= 0.3 is 0 Å². The van der Waals surface area contributed by atoms with Crippen molar-refractivity contribution >= 4 is 32.9 Å². The van der Waals surface area contributed by atoms with Gasteiger partial charge in [-0.15, -0.1) is 0 Å². The van der Waals surface area contributed by atoms with E-state index in [1.165, 1.54) is 22.3 Å². The number of carbonyl (C=O) groups is 1. The second-order valence-electron chi connectivity index (χ2n) is 7.99. The Morgan fingerprint density at radius 1 is 1.00 bits per heavy atom. The Morgan fingerprint density at radius 2 is 1.68 bits per heavy atom. The number of aromatic nitrogens is 2. The number of hydrogen-bond acceptors (Lipinski definition) is 2. The number of imidazole rings is 1. The van der Waals surface area contributed by atoms with Crippen molar-refractivity contribution in [2.24, 2.45) is 0 Å². The molecule has 31 heavy (non-hydrogen) atoms. The molecule has 0 spiro atoms. The molecule has 0 aliphatic rings. The van der Waals surface area contributed by atoms with Crippen molar-refractivity contribution in [1.29, 1.82) is 0 Å². The fraction of sp³-hybridized carbons (Fsp3) is 0.231. The first kappa shape index (κ1) is 21.3. The summed E-state index contributed by atoms with van der Waals surface area (Å²) in [6.45, 7) is 7.79. The number of hydrogen-bond donors (Lipinski definition) is 1. The quantitative estimate of drug-likeness (QED) is 0.386. The monoisotopic (exact) mass is 475 g/mol. The largest absolute Gasteiger partial charge is 0.352 e. The third-order valence-corrected chi connectivity index (χ3v) is 6.16. The summed E-state index contributed by atoms with van der Waals surface area (Å²) in [7, 11) is 0. The summed E-state index contributed by atoms with van der Waals surface area (Å²) in [6.07, 6.45) is 0.668. The number of amides is 1. The van der Waals surface area contributed by atoms with Gasteiger partial charge in [0, 0.05) is 29.5 Å². The van der Waals surface area contributed by atoms with Crippen LogP contribution in [0.5, 0.6) is 0 Å². The van der Waals surface area contributed by atoms with Crippen LogP contribution in [0.15, 0.2) is 65.1 Å². The standard InChI is InChI=1S/C26H26BrN3O/c1-17-14-18(2)22(19(3)15-17)16-30-24-7-5-4-6-23(24)29-25(30)12-13-28-26(31)20-8-10-21(27)11-9-20/h4-11,14-15H,12-13,16H2,1-3H3,(H,28,31). The number of rotatable bonds is 6. The topological polar surface area (TPSA) is 46.9 Å². The van der Waals surface area contributed by atoms with Crippen LogP contribution in [0.1, 0.15) is 38.4 Å². The molecule has 3 aromatic carbocycles. The Hall–Kier alpha value is -2.92. The molecule has 0 saturated carbocycles. The van der Waals surface area contributed by atoms with E-state index >= 15 is 0 Å². The van der Waals surface area contributed by atoms with Crippen molar-refractivity contribution < 1.29 is 4.79 Å². The van der Waals surface area contributed by atoms with Crippen molar-refractivity contribution in [2.45, 2.75) is 33.7 Å². The molecule has 4 nitrogen and oxygen atoms in total. The van der Waals surface area contributed by atoms with Crippen molar-refractivity contribution in [3.63, 3.8) is 0 Å². The summed E-state index contributed by atoms with van der Waals surface area (Å²) < 4.78 is 3.24. The van der Waals surface area contributed by atoms with E-state index in [0.717, 1.165) is 27.9 Å². The van der Waals surface area contributed by atoms with Crippen LogP contribution in [0, 0.1) is 20.8 Å². The van der Waals surface area contributed by atoms with Gasteiger partial charge in [-0.3, -0.25) is 4.79 Å². The molecule has 1 N–H and O–H groups in total. The van der Waals surface area contributed by atoms with Crippen molar-refractivity contribution in [2.75, 3.05) is 6.54 Å². The van der Waals surface area contributed by atoms with E-state index < -0.39 is 0 Å². The lowest BCUT2D eigenvalue weighted by atomic mass is 9.99. The van der Waals surface area contributed by atoms with Gasteiger partial charge in [0.25, 0.3) is 5.91 Å². The zero-order chi connectivity index (χ0) is 22.0. The summed E-state index contributed by atoms with van der Waals surface area (Å²) in [4.78, 5) is 17.3. The number of para-hydroxylation sites is 2. The highest BCUT2D eigenvalue weighted by Crippen LogP contribution is 2.23. The van der Waals surface area contributed by atoms with Crippen LogP contribution in [0.2, 0.25) is 0 Å². The Bertz CT molecular complexity index is 1220. The summed E-state index contributed by atoms with van der Waals surface area (Å²) >= 11 is 3.40. The van der Waals surface area contributed by atoms with Gasteiger partial charge in [0.2, 0.25) is 0 Å². The molecule has 158 valence electrons. The Balaban J connectivity index is 1.57.